The van der Waals surface area contributed by atoms with Gasteiger partial charge < -0.3 is 15.3 Å². The zero-order valence-electron chi connectivity index (χ0n) is 12.1. The highest BCUT2D eigenvalue weighted by Crippen LogP contribution is 2.18. The number of aryl methyl sites for hydroxylation is 1. The number of carbonyl (C=O) groups is 2. The molecule has 112 valence electrons. The summed E-state index contributed by atoms with van der Waals surface area (Å²) in [4.78, 5) is 24.5. The van der Waals surface area contributed by atoms with E-state index in [1.165, 1.54) is 12.5 Å². The van der Waals surface area contributed by atoms with Gasteiger partial charge in [-0.3, -0.25) is 0 Å². The second-order valence-corrected chi connectivity index (χ2v) is 5.22. The van der Waals surface area contributed by atoms with Crippen molar-refractivity contribution in [3.8, 4) is 0 Å². The number of benzene rings is 1. The summed E-state index contributed by atoms with van der Waals surface area (Å²) in [7, 11) is 0. The van der Waals surface area contributed by atoms with Crippen LogP contribution in [0.2, 0.25) is 0 Å². The minimum atomic E-state index is -0.989. The number of carboxylic acids is 1. The smallest absolute Gasteiger partial charge is 0.328 e. The lowest BCUT2D eigenvalue weighted by molar-refractivity contribution is -0.131. The predicted molar refractivity (Wildman–Crippen MR) is 82.3 cm³/mol. The van der Waals surface area contributed by atoms with E-state index in [1.54, 1.807) is 6.07 Å². The van der Waals surface area contributed by atoms with Gasteiger partial charge in [-0.15, -0.1) is 0 Å². The van der Waals surface area contributed by atoms with Crippen LogP contribution in [0.5, 0.6) is 0 Å². The zero-order chi connectivity index (χ0) is 15.2. The third kappa shape index (κ3) is 4.34. The van der Waals surface area contributed by atoms with E-state index in [-0.39, 0.29) is 6.03 Å². The standard InChI is InChI=1S/C16H20N2O3/c1-12-5-7-14(11-13(12)6-8-15(19)20)17-16(21)18-9-3-2-4-10-18/h5-8,11H,2-4,9-10H2,1H3,(H,17,21)(H,19,20). The molecule has 0 aromatic heterocycles. The molecule has 0 bridgehead atoms. The van der Waals surface area contributed by atoms with E-state index >= 15 is 0 Å². The van der Waals surface area contributed by atoms with Crippen LogP contribution in [0.4, 0.5) is 10.5 Å². The average Bonchev–Trinajstić information content (AvgIpc) is 2.48. The van der Waals surface area contributed by atoms with Gasteiger partial charge >= 0.3 is 12.0 Å². The van der Waals surface area contributed by atoms with Gasteiger partial charge in [-0.25, -0.2) is 9.59 Å². The summed E-state index contributed by atoms with van der Waals surface area (Å²) in [5.41, 5.74) is 2.43. The van der Waals surface area contributed by atoms with E-state index in [4.69, 9.17) is 5.11 Å². The van der Waals surface area contributed by atoms with Crippen molar-refractivity contribution < 1.29 is 14.7 Å². The molecule has 1 heterocycles. The van der Waals surface area contributed by atoms with Crippen LogP contribution in [0, 0.1) is 6.92 Å². The summed E-state index contributed by atoms with van der Waals surface area (Å²) in [6.07, 6.45) is 5.91. The SMILES string of the molecule is Cc1ccc(NC(=O)N2CCCCC2)cc1C=CC(=O)O. The number of carboxylic acid groups (broad SMARTS) is 1. The Hall–Kier alpha value is -2.30. The maximum Gasteiger partial charge on any atom is 0.328 e. The Morgan fingerprint density at radius 2 is 1.95 bits per heavy atom. The Balaban J connectivity index is 2.07. The number of likely N-dealkylation sites (tertiary alicyclic amines) is 1. The molecule has 0 aliphatic carbocycles. The molecule has 0 saturated carbocycles. The second kappa shape index (κ2) is 6.92. The van der Waals surface area contributed by atoms with Crippen LogP contribution < -0.4 is 5.32 Å². The third-order valence-corrected chi connectivity index (χ3v) is 3.58. The molecular formula is C16H20N2O3. The molecule has 5 heteroatoms. The van der Waals surface area contributed by atoms with Crippen LogP contribution in [-0.4, -0.2) is 35.1 Å². The van der Waals surface area contributed by atoms with Crippen molar-refractivity contribution in [3.05, 3.63) is 35.4 Å². The van der Waals surface area contributed by atoms with Gasteiger partial charge in [0.1, 0.15) is 0 Å². The molecule has 0 unspecified atom stereocenters. The van der Waals surface area contributed by atoms with Gasteiger partial charge in [0.05, 0.1) is 0 Å². The van der Waals surface area contributed by atoms with Gasteiger partial charge in [0.25, 0.3) is 0 Å². The first kappa shape index (κ1) is 15.1. The summed E-state index contributed by atoms with van der Waals surface area (Å²) in [5, 5.41) is 11.6. The van der Waals surface area contributed by atoms with Crippen LogP contribution in [0.3, 0.4) is 0 Å². The Morgan fingerprint density at radius 3 is 2.62 bits per heavy atom. The number of aliphatic carboxylic acids is 1. The first-order valence-corrected chi connectivity index (χ1v) is 7.14. The van der Waals surface area contributed by atoms with Crippen LogP contribution in [0.1, 0.15) is 30.4 Å². The van der Waals surface area contributed by atoms with Crippen molar-refractivity contribution in [2.24, 2.45) is 0 Å². The molecule has 2 amide bonds. The van der Waals surface area contributed by atoms with Crippen LogP contribution >= 0.6 is 0 Å². The van der Waals surface area contributed by atoms with E-state index in [1.807, 2.05) is 24.0 Å². The quantitative estimate of drug-likeness (QED) is 0.840. The molecule has 21 heavy (non-hydrogen) atoms. The highest BCUT2D eigenvalue weighted by atomic mass is 16.4. The fraction of sp³-hybridized carbons (Fsp3) is 0.375. The molecule has 1 aliphatic rings. The summed E-state index contributed by atoms with van der Waals surface area (Å²) in [6.45, 7) is 3.49. The maximum absolute atomic E-state index is 12.1. The number of anilines is 1. The van der Waals surface area contributed by atoms with Crippen LogP contribution in [0.15, 0.2) is 24.3 Å². The molecule has 0 atom stereocenters. The van der Waals surface area contributed by atoms with E-state index < -0.39 is 5.97 Å². The molecule has 5 nitrogen and oxygen atoms in total. The maximum atomic E-state index is 12.1. The fourth-order valence-corrected chi connectivity index (χ4v) is 2.36. The van der Waals surface area contributed by atoms with Gasteiger partial charge in [-0.1, -0.05) is 6.07 Å². The van der Waals surface area contributed by atoms with Gasteiger partial charge in [0.15, 0.2) is 0 Å². The van der Waals surface area contributed by atoms with Gasteiger partial charge in [-0.05, 0) is 55.5 Å². The molecule has 2 rings (SSSR count). The van der Waals surface area contributed by atoms with Crippen molar-refractivity contribution >= 4 is 23.8 Å². The summed E-state index contributed by atoms with van der Waals surface area (Å²) in [6, 6.07) is 5.39. The number of amides is 2. The van der Waals surface area contributed by atoms with Crippen molar-refractivity contribution in [2.75, 3.05) is 18.4 Å². The number of hydrogen-bond acceptors (Lipinski definition) is 2. The largest absolute Gasteiger partial charge is 0.478 e. The lowest BCUT2D eigenvalue weighted by Gasteiger charge is -2.26. The zero-order valence-corrected chi connectivity index (χ0v) is 12.1. The van der Waals surface area contributed by atoms with Gasteiger partial charge in [-0.2, -0.15) is 0 Å². The molecule has 1 aromatic carbocycles. The number of rotatable bonds is 3. The monoisotopic (exact) mass is 288 g/mol. The van der Waals surface area contributed by atoms with Crippen molar-refractivity contribution in [2.45, 2.75) is 26.2 Å². The number of nitrogens with one attached hydrogen (secondary N) is 1. The Morgan fingerprint density at radius 1 is 1.24 bits per heavy atom. The highest BCUT2D eigenvalue weighted by molar-refractivity contribution is 5.90. The molecule has 1 aliphatic heterocycles. The van der Waals surface area contributed by atoms with E-state index in [0.717, 1.165) is 43.1 Å². The van der Waals surface area contributed by atoms with Gasteiger partial charge in [0.2, 0.25) is 0 Å². The van der Waals surface area contributed by atoms with E-state index in [2.05, 4.69) is 5.32 Å². The fourth-order valence-electron chi connectivity index (χ4n) is 2.36. The lowest BCUT2D eigenvalue weighted by atomic mass is 10.1. The lowest BCUT2D eigenvalue weighted by Crippen LogP contribution is -2.38. The Bertz CT molecular complexity index is 561. The van der Waals surface area contributed by atoms with E-state index in [0.29, 0.717) is 5.69 Å². The van der Waals surface area contributed by atoms with Gasteiger partial charge in [0, 0.05) is 24.9 Å². The van der Waals surface area contributed by atoms with Crippen molar-refractivity contribution in [1.82, 2.24) is 4.90 Å². The molecular weight excluding hydrogens is 268 g/mol. The third-order valence-electron chi connectivity index (χ3n) is 3.58. The predicted octanol–water partition coefficient (Wildman–Crippen LogP) is 3.11. The molecule has 1 aromatic rings. The summed E-state index contributed by atoms with van der Waals surface area (Å²) >= 11 is 0. The molecule has 1 fully saturated rings. The number of nitrogens with zero attached hydrogens (tertiary/aromatic N) is 1. The molecule has 0 radical (unpaired) electrons. The summed E-state index contributed by atoms with van der Waals surface area (Å²) in [5.74, 6) is -0.989. The summed E-state index contributed by atoms with van der Waals surface area (Å²) < 4.78 is 0. The minimum Gasteiger partial charge on any atom is -0.478 e. The minimum absolute atomic E-state index is 0.0910. The molecule has 1 saturated heterocycles. The van der Waals surface area contributed by atoms with Crippen molar-refractivity contribution in [1.29, 1.82) is 0 Å². The second-order valence-electron chi connectivity index (χ2n) is 5.22. The van der Waals surface area contributed by atoms with E-state index in [9.17, 15) is 9.59 Å². The number of hydrogen-bond donors (Lipinski definition) is 2. The normalized spacial score (nSPS) is 15.2. The van der Waals surface area contributed by atoms with Crippen molar-refractivity contribution in [3.63, 3.8) is 0 Å². The van der Waals surface area contributed by atoms with Crippen LogP contribution in [0.25, 0.3) is 6.08 Å². The molecule has 2 N–H and O–H groups in total. The molecule has 0 spiro atoms. The Labute approximate surface area is 124 Å². The number of piperidine rings is 1. The van der Waals surface area contributed by atoms with Crippen LogP contribution in [-0.2, 0) is 4.79 Å². The average molecular weight is 288 g/mol. The number of carbonyl (C=O) groups excluding carboxylic acids is 1. The highest BCUT2D eigenvalue weighted by Gasteiger charge is 2.16. The topological polar surface area (TPSA) is 69.6 Å². The Kier molecular flexibility index (Phi) is 4.98. The first-order chi connectivity index (χ1) is 10.1. The number of urea groups is 1. The first-order valence-electron chi connectivity index (χ1n) is 7.14.